The van der Waals surface area contributed by atoms with Crippen molar-refractivity contribution in [3.63, 3.8) is 0 Å². The second kappa shape index (κ2) is 5.46. The first-order chi connectivity index (χ1) is 8.63. The van der Waals surface area contributed by atoms with Crippen LogP contribution in [0.25, 0.3) is 0 Å². The Kier molecular flexibility index (Phi) is 3.93. The van der Waals surface area contributed by atoms with Crippen LogP contribution in [-0.4, -0.2) is 17.2 Å². The highest BCUT2D eigenvalue weighted by molar-refractivity contribution is 7.09. The lowest BCUT2D eigenvalue weighted by Gasteiger charge is -2.21. The molecular formula is C13H18N4S. The summed E-state index contributed by atoms with van der Waals surface area (Å²) in [4.78, 5) is 3.41. The third kappa shape index (κ3) is 2.52. The fraction of sp³-hybridized carbons (Fsp3) is 0.385. The molecule has 2 rings (SSSR count). The first kappa shape index (κ1) is 13.0. The van der Waals surface area contributed by atoms with E-state index in [9.17, 15) is 0 Å². The normalized spacial score (nSPS) is 10.7. The minimum Gasteiger partial charge on any atom is -0.353 e. The monoisotopic (exact) mass is 262 g/mol. The standard InChI is InChI=1S/C13H18N4S/c1-9-10(2)15-16-13(12(9)7-14)17(3)8-11-5-4-6-18-11/h4-6H,7-8,14H2,1-3H3. The molecule has 0 unspecified atom stereocenters. The van der Waals surface area contributed by atoms with E-state index in [2.05, 4.69) is 39.5 Å². The van der Waals surface area contributed by atoms with E-state index >= 15 is 0 Å². The van der Waals surface area contributed by atoms with E-state index in [1.54, 1.807) is 11.3 Å². The van der Waals surface area contributed by atoms with Gasteiger partial charge in [0.05, 0.1) is 12.2 Å². The van der Waals surface area contributed by atoms with Gasteiger partial charge in [-0.3, -0.25) is 0 Å². The van der Waals surface area contributed by atoms with Crippen molar-refractivity contribution in [2.45, 2.75) is 26.9 Å². The molecule has 2 N–H and O–H groups in total. The summed E-state index contributed by atoms with van der Waals surface area (Å²) in [6.07, 6.45) is 0. The molecule has 2 aromatic rings. The van der Waals surface area contributed by atoms with Gasteiger partial charge in [-0.05, 0) is 30.9 Å². The molecular weight excluding hydrogens is 244 g/mol. The maximum Gasteiger partial charge on any atom is 0.156 e. The van der Waals surface area contributed by atoms with Crippen molar-refractivity contribution < 1.29 is 0 Å². The number of nitrogens with zero attached hydrogens (tertiary/aromatic N) is 3. The topological polar surface area (TPSA) is 55.0 Å². The van der Waals surface area contributed by atoms with Crippen LogP contribution in [0.3, 0.4) is 0 Å². The summed E-state index contributed by atoms with van der Waals surface area (Å²) < 4.78 is 0. The van der Waals surface area contributed by atoms with E-state index in [4.69, 9.17) is 5.73 Å². The lowest BCUT2D eigenvalue weighted by Crippen LogP contribution is -2.21. The van der Waals surface area contributed by atoms with Crippen molar-refractivity contribution in [1.29, 1.82) is 0 Å². The largest absolute Gasteiger partial charge is 0.353 e. The molecule has 18 heavy (non-hydrogen) atoms. The molecule has 0 bridgehead atoms. The number of aryl methyl sites for hydroxylation is 1. The van der Waals surface area contributed by atoms with Gasteiger partial charge in [0, 0.05) is 24.0 Å². The van der Waals surface area contributed by atoms with Crippen LogP contribution in [0.4, 0.5) is 5.82 Å². The summed E-state index contributed by atoms with van der Waals surface area (Å²) in [7, 11) is 2.03. The van der Waals surface area contributed by atoms with E-state index in [-0.39, 0.29) is 0 Å². The molecule has 0 fully saturated rings. The maximum absolute atomic E-state index is 5.84. The second-order valence-electron chi connectivity index (χ2n) is 4.35. The zero-order valence-corrected chi connectivity index (χ0v) is 11.8. The van der Waals surface area contributed by atoms with E-state index in [1.165, 1.54) is 4.88 Å². The molecule has 0 aliphatic carbocycles. The van der Waals surface area contributed by atoms with Gasteiger partial charge in [-0.25, -0.2) is 0 Å². The zero-order valence-electron chi connectivity index (χ0n) is 11.0. The van der Waals surface area contributed by atoms with Crippen LogP contribution in [0.15, 0.2) is 17.5 Å². The Bertz CT molecular complexity index is 522. The molecule has 2 heterocycles. The highest BCUT2D eigenvalue weighted by Crippen LogP contribution is 2.23. The Hall–Kier alpha value is -1.46. The minimum absolute atomic E-state index is 0.492. The molecule has 5 heteroatoms. The van der Waals surface area contributed by atoms with Crippen molar-refractivity contribution in [3.8, 4) is 0 Å². The van der Waals surface area contributed by atoms with E-state index in [1.807, 2.05) is 14.0 Å². The van der Waals surface area contributed by atoms with Gasteiger partial charge < -0.3 is 10.6 Å². The Balaban J connectivity index is 2.30. The van der Waals surface area contributed by atoms with Gasteiger partial charge in [0.25, 0.3) is 0 Å². The molecule has 4 nitrogen and oxygen atoms in total. The third-order valence-electron chi connectivity index (χ3n) is 3.10. The van der Waals surface area contributed by atoms with Gasteiger partial charge in [-0.2, -0.15) is 5.10 Å². The van der Waals surface area contributed by atoms with Crippen LogP contribution in [0.1, 0.15) is 21.7 Å². The Morgan fingerprint density at radius 2 is 2.11 bits per heavy atom. The molecule has 2 aromatic heterocycles. The van der Waals surface area contributed by atoms with Gasteiger partial charge in [0.1, 0.15) is 0 Å². The smallest absolute Gasteiger partial charge is 0.156 e. The quantitative estimate of drug-likeness (QED) is 0.918. The van der Waals surface area contributed by atoms with Crippen LogP contribution in [0.5, 0.6) is 0 Å². The molecule has 0 saturated carbocycles. The number of thiophene rings is 1. The fourth-order valence-corrected chi connectivity index (χ4v) is 2.66. The number of hydrogen-bond donors (Lipinski definition) is 1. The highest BCUT2D eigenvalue weighted by Gasteiger charge is 2.13. The second-order valence-corrected chi connectivity index (χ2v) is 5.38. The van der Waals surface area contributed by atoms with Crippen molar-refractivity contribution >= 4 is 17.2 Å². The van der Waals surface area contributed by atoms with E-state index in [0.717, 1.165) is 29.2 Å². The molecule has 0 aromatic carbocycles. The van der Waals surface area contributed by atoms with Gasteiger partial charge >= 0.3 is 0 Å². The Morgan fingerprint density at radius 1 is 1.33 bits per heavy atom. The summed E-state index contributed by atoms with van der Waals surface area (Å²) in [6, 6.07) is 4.18. The number of hydrogen-bond acceptors (Lipinski definition) is 5. The van der Waals surface area contributed by atoms with E-state index in [0.29, 0.717) is 6.54 Å². The molecule has 0 spiro atoms. The number of nitrogens with two attached hydrogens (primary N) is 1. The highest BCUT2D eigenvalue weighted by atomic mass is 32.1. The molecule has 0 aliphatic rings. The fourth-order valence-electron chi connectivity index (χ4n) is 1.91. The predicted octanol–water partition coefficient (Wildman–Crippen LogP) is 2.25. The van der Waals surface area contributed by atoms with Gasteiger partial charge in [-0.1, -0.05) is 6.07 Å². The SMILES string of the molecule is Cc1nnc(N(C)Cc2cccs2)c(CN)c1C. The number of rotatable bonds is 4. The summed E-state index contributed by atoms with van der Waals surface area (Å²) in [5.74, 6) is 0.883. The first-order valence-electron chi connectivity index (χ1n) is 5.89. The summed E-state index contributed by atoms with van der Waals surface area (Å²) in [6.45, 7) is 5.34. The molecule has 0 amide bonds. The lowest BCUT2D eigenvalue weighted by molar-refractivity contribution is 0.829. The Morgan fingerprint density at radius 3 is 2.72 bits per heavy atom. The van der Waals surface area contributed by atoms with Crippen LogP contribution in [-0.2, 0) is 13.1 Å². The molecule has 96 valence electrons. The molecule has 0 saturated heterocycles. The number of aromatic nitrogens is 2. The number of anilines is 1. The van der Waals surface area contributed by atoms with E-state index < -0.39 is 0 Å². The van der Waals surface area contributed by atoms with Crippen molar-refractivity contribution in [3.05, 3.63) is 39.2 Å². The Labute approximate surface area is 111 Å². The van der Waals surface area contributed by atoms with Crippen LogP contribution >= 0.6 is 11.3 Å². The minimum atomic E-state index is 0.492. The average Bonchev–Trinajstić information content (AvgIpc) is 2.85. The first-order valence-corrected chi connectivity index (χ1v) is 6.77. The summed E-state index contributed by atoms with van der Waals surface area (Å²) in [5.41, 5.74) is 9.01. The molecule has 0 radical (unpaired) electrons. The third-order valence-corrected chi connectivity index (χ3v) is 3.96. The van der Waals surface area contributed by atoms with Crippen molar-refractivity contribution in [2.24, 2.45) is 5.73 Å². The maximum atomic E-state index is 5.84. The summed E-state index contributed by atoms with van der Waals surface area (Å²) >= 11 is 1.75. The zero-order chi connectivity index (χ0) is 13.1. The summed E-state index contributed by atoms with van der Waals surface area (Å²) in [5, 5.41) is 10.6. The van der Waals surface area contributed by atoms with Gasteiger partial charge in [0.15, 0.2) is 5.82 Å². The average molecular weight is 262 g/mol. The van der Waals surface area contributed by atoms with Gasteiger partial charge in [-0.15, -0.1) is 16.4 Å². The lowest BCUT2D eigenvalue weighted by atomic mass is 10.1. The predicted molar refractivity (Wildman–Crippen MR) is 75.8 cm³/mol. The van der Waals surface area contributed by atoms with Crippen LogP contribution in [0, 0.1) is 13.8 Å². The van der Waals surface area contributed by atoms with Crippen LogP contribution < -0.4 is 10.6 Å². The van der Waals surface area contributed by atoms with Crippen molar-refractivity contribution in [2.75, 3.05) is 11.9 Å². The molecule has 0 atom stereocenters. The van der Waals surface area contributed by atoms with Crippen molar-refractivity contribution in [1.82, 2.24) is 10.2 Å². The van der Waals surface area contributed by atoms with Crippen LogP contribution in [0.2, 0.25) is 0 Å². The molecule has 0 aliphatic heterocycles. The van der Waals surface area contributed by atoms with Gasteiger partial charge in [0.2, 0.25) is 0 Å².